The van der Waals surface area contributed by atoms with E-state index in [1.807, 2.05) is 6.07 Å². The number of fused-ring (bicyclic) bond motifs is 2. The molecular weight excluding hydrogens is 336 g/mol. The van der Waals surface area contributed by atoms with E-state index in [-0.39, 0.29) is 29.5 Å². The highest BCUT2D eigenvalue weighted by atomic mass is 35.5. The van der Waals surface area contributed by atoms with E-state index in [1.54, 1.807) is 6.07 Å². The average Bonchev–Trinajstić information content (AvgIpc) is 3.09. The zero-order valence-corrected chi connectivity index (χ0v) is 15.3. The van der Waals surface area contributed by atoms with Crippen molar-refractivity contribution < 1.29 is 26.8 Å². The molecule has 3 aliphatic heterocycles. The number of phenols is 1. The molecule has 4 nitrogen and oxygen atoms in total. The Labute approximate surface area is 154 Å². The van der Waals surface area contributed by atoms with E-state index in [1.165, 1.54) is 11.1 Å². The number of nitrogens with zero attached hydrogens (tertiary/aromatic N) is 1. The highest BCUT2D eigenvalue weighted by molar-refractivity contribution is 5.85. The molecule has 2 unspecified atom stereocenters. The molecular formula is C20H23ClN2O2. The van der Waals surface area contributed by atoms with Crippen molar-refractivity contribution in [2.24, 2.45) is 5.92 Å². The van der Waals surface area contributed by atoms with Crippen LogP contribution < -0.4 is 17.7 Å². The van der Waals surface area contributed by atoms with Crippen molar-refractivity contribution in [2.75, 3.05) is 25.5 Å². The molecule has 0 amide bonds. The number of hydrogen-bond acceptors (Lipinski definition) is 3. The standard InChI is InChI=1S/C20H22N2O2.ClH/c1-3-12-10-22(2)8-7-20-15-5-4-6-16(24)18(15)21-19(20)14(11-23)13(12)9-17(20)22;/h3-6,11,13,17H,7-10H2,1-2H3,(H-,21,23,24);1H/b12-3-;/t13-,17?,20+,22?;/m0./s1. The fourth-order valence-corrected chi connectivity index (χ4v) is 6.12. The first-order chi connectivity index (χ1) is 11.5. The monoisotopic (exact) mass is 358 g/mol. The molecule has 0 saturated carbocycles. The minimum Gasteiger partial charge on any atom is -1.00 e. The third-order valence-electron chi connectivity index (χ3n) is 7.17. The molecule has 3 heterocycles. The first kappa shape index (κ1) is 16.7. The zero-order valence-electron chi connectivity index (χ0n) is 14.6. The number of hydrogen-bond donors (Lipinski definition) is 2. The van der Waals surface area contributed by atoms with Crippen molar-refractivity contribution in [1.82, 2.24) is 0 Å². The minimum absolute atomic E-state index is 0. The molecule has 1 aliphatic carbocycles. The van der Waals surface area contributed by atoms with Crippen LogP contribution >= 0.6 is 0 Å². The predicted molar refractivity (Wildman–Crippen MR) is 92.7 cm³/mol. The number of allylic oxidation sites excluding steroid dienone is 2. The summed E-state index contributed by atoms with van der Waals surface area (Å²) in [5.41, 5.74) is 5.23. The fraction of sp³-hybridized carbons (Fsp3) is 0.450. The van der Waals surface area contributed by atoms with Crippen LogP contribution in [0.15, 0.2) is 41.1 Å². The quantitative estimate of drug-likeness (QED) is 0.314. The zero-order chi connectivity index (χ0) is 16.7. The summed E-state index contributed by atoms with van der Waals surface area (Å²) in [5.74, 6) is 0.518. The molecule has 25 heavy (non-hydrogen) atoms. The molecule has 0 aromatic heterocycles. The molecule has 2 N–H and O–H groups in total. The van der Waals surface area contributed by atoms with Crippen LogP contribution in [-0.2, 0) is 10.2 Å². The van der Waals surface area contributed by atoms with Crippen molar-refractivity contribution in [3.63, 3.8) is 0 Å². The van der Waals surface area contributed by atoms with E-state index >= 15 is 0 Å². The normalized spacial score (nSPS) is 38.7. The van der Waals surface area contributed by atoms with Gasteiger partial charge in [0.25, 0.3) is 0 Å². The lowest BCUT2D eigenvalue weighted by molar-refractivity contribution is -0.923. The summed E-state index contributed by atoms with van der Waals surface area (Å²) in [4.78, 5) is 12.1. The molecule has 1 spiro atoms. The van der Waals surface area contributed by atoms with Gasteiger partial charge in [-0.05, 0) is 24.1 Å². The molecule has 2 saturated heterocycles. The number of carbonyl (C=O) groups is 1. The lowest BCUT2D eigenvalue weighted by atomic mass is 9.61. The van der Waals surface area contributed by atoms with Crippen LogP contribution in [0.2, 0.25) is 0 Å². The number of phenolic OH excluding ortho intramolecular Hbond substituents is 1. The van der Waals surface area contributed by atoms with Gasteiger partial charge >= 0.3 is 0 Å². The van der Waals surface area contributed by atoms with Crippen LogP contribution in [0.4, 0.5) is 5.69 Å². The van der Waals surface area contributed by atoms with Gasteiger partial charge < -0.3 is 27.3 Å². The van der Waals surface area contributed by atoms with E-state index in [0.29, 0.717) is 6.04 Å². The van der Waals surface area contributed by atoms with Crippen molar-refractivity contribution in [1.29, 1.82) is 0 Å². The number of para-hydroxylation sites is 1. The number of piperidine rings is 1. The van der Waals surface area contributed by atoms with E-state index in [0.717, 1.165) is 53.7 Å². The van der Waals surface area contributed by atoms with Gasteiger partial charge in [-0.25, -0.2) is 0 Å². The molecule has 5 rings (SSSR count). The average molecular weight is 359 g/mol. The van der Waals surface area contributed by atoms with Crippen LogP contribution in [-0.4, -0.2) is 42.1 Å². The smallest absolute Gasteiger partial charge is 0.148 e. The molecule has 1 aromatic carbocycles. The summed E-state index contributed by atoms with van der Waals surface area (Å²) in [6.45, 7) is 4.24. The number of carbonyl (C=O) groups excluding carboxylic acids is 1. The van der Waals surface area contributed by atoms with Crippen molar-refractivity contribution >= 4 is 12.0 Å². The number of rotatable bonds is 1. The van der Waals surface area contributed by atoms with Gasteiger partial charge in [0.2, 0.25) is 0 Å². The first-order valence-corrected chi connectivity index (χ1v) is 8.84. The Morgan fingerprint density at radius 1 is 1.40 bits per heavy atom. The number of quaternary nitrogens is 1. The second-order valence-corrected chi connectivity index (χ2v) is 8.02. The Morgan fingerprint density at radius 3 is 2.92 bits per heavy atom. The van der Waals surface area contributed by atoms with Crippen molar-refractivity contribution in [3.8, 4) is 5.75 Å². The molecule has 2 fully saturated rings. The number of halogens is 1. The van der Waals surface area contributed by atoms with Gasteiger partial charge in [0.05, 0.1) is 24.7 Å². The molecule has 5 heteroatoms. The summed E-state index contributed by atoms with van der Waals surface area (Å²) in [7, 11) is 2.36. The lowest BCUT2D eigenvalue weighted by Gasteiger charge is -2.51. The highest BCUT2D eigenvalue weighted by Crippen LogP contribution is 2.63. The Balaban J connectivity index is 0.00000157. The van der Waals surface area contributed by atoms with Gasteiger partial charge in [-0.2, -0.15) is 0 Å². The van der Waals surface area contributed by atoms with Gasteiger partial charge in [-0.15, -0.1) is 0 Å². The second-order valence-electron chi connectivity index (χ2n) is 8.02. The topological polar surface area (TPSA) is 49.3 Å². The van der Waals surface area contributed by atoms with Crippen LogP contribution in [0, 0.1) is 5.92 Å². The minimum atomic E-state index is -0.130. The van der Waals surface area contributed by atoms with Gasteiger partial charge in [-0.1, -0.05) is 18.2 Å². The van der Waals surface area contributed by atoms with Gasteiger partial charge in [0.15, 0.2) is 0 Å². The van der Waals surface area contributed by atoms with Gasteiger partial charge in [-0.3, -0.25) is 4.79 Å². The maximum Gasteiger partial charge on any atom is 0.148 e. The van der Waals surface area contributed by atoms with Gasteiger partial charge in [0, 0.05) is 30.0 Å². The molecule has 1 aromatic rings. The number of benzene rings is 1. The number of aromatic hydroxyl groups is 1. The maximum atomic E-state index is 12.1. The Bertz CT molecular complexity index is 846. The molecule has 4 aliphatic rings. The number of aldehydes is 1. The summed E-state index contributed by atoms with van der Waals surface area (Å²) < 4.78 is 1.04. The molecule has 2 bridgehead atoms. The fourth-order valence-electron chi connectivity index (χ4n) is 6.12. The summed E-state index contributed by atoms with van der Waals surface area (Å²) >= 11 is 0. The lowest BCUT2D eigenvalue weighted by Crippen LogP contribution is -3.00. The Hall–Kier alpha value is -1.78. The van der Waals surface area contributed by atoms with Crippen LogP contribution in [0.3, 0.4) is 0 Å². The van der Waals surface area contributed by atoms with Crippen molar-refractivity contribution in [3.05, 3.63) is 46.7 Å². The largest absolute Gasteiger partial charge is 1.00 e. The van der Waals surface area contributed by atoms with Crippen molar-refractivity contribution in [2.45, 2.75) is 31.2 Å². The highest BCUT2D eigenvalue weighted by Gasteiger charge is 2.67. The summed E-state index contributed by atoms with van der Waals surface area (Å²) in [6.07, 6.45) is 5.34. The third kappa shape index (κ3) is 1.74. The molecule has 4 atom stereocenters. The summed E-state index contributed by atoms with van der Waals surface area (Å²) in [5, 5.41) is 13.8. The number of nitrogens with one attached hydrogen (secondary N) is 1. The van der Waals surface area contributed by atoms with Crippen LogP contribution in [0.25, 0.3) is 0 Å². The van der Waals surface area contributed by atoms with Gasteiger partial charge in [0.1, 0.15) is 24.6 Å². The van der Waals surface area contributed by atoms with Crippen LogP contribution in [0.5, 0.6) is 5.75 Å². The molecule has 132 valence electrons. The van der Waals surface area contributed by atoms with E-state index in [9.17, 15) is 9.90 Å². The SMILES string of the molecule is C/C=C1/C[N+]2(C)CC[C@]34C(=C(C=O)[C@H]1CC32)Nc1c(O)cccc14.[Cl-]. The number of anilines is 1. The Morgan fingerprint density at radius 2 is 2.20 bits per heavy atom. The number of likely N-dealkylation sites (N-methyl/N-ethyl adjacent to an activating group) is 1. The second kappa shape index (κ2) is 5.12. The van der Waals surface area contributed by atoms with Crippen LogP contribution in [0.1, 0.15) is 25.3 Å². The Kier molecular flexibility index (Phi) is 3.41. The van der Waals surface area contributed by atoms with E-state index < -0.39 is 0 Å². The van der Waals surface area contributed by atoms with E-state index in [2.05, 4.69) is 31.4 Å². The van der Waals surface area contributed by atoms with E-state index in [4.69, 9.17) is 0 Å². The predicted octanol–water partition coefficient (Wildman–Crippen LogP) is -0.289. The summed E-state index contributed by atoms with van der Waals surface area (Å²) in [6, 6.07) is 6.27. The first-order valence-electron chi connectivity index (χ1n) is 8.84. The maximum absolute atomic E-state index is 12.1. The molecule has 0 radical (unpaired) electrons. The third-order valence-corrected chi connectivity index (χ3v) is 7.17.